The first-order valence-corrected chi connectivity index (χ1v) is 6.80. The van der Waals surface area contributed by atoms with Gasteiger partial charge in [0, 0.05) is 36.1 Å². The van der Waals surface area contributed by atoms with Gasteiger partial charge in [0.25, 0.3) is 0 Å². The van der Waals surface area contributed by atoms with Crippen molar-refractivity contribution in [3.05, 3.63) is 40.3 Å². The maximum absolute atomic E-state index is 5.67. The maximum atomic E-state index is 5.67. The van der Waals surface area contributed by atoms with E-state index in [0.29, 0.717) is 11.5 Å². The second-order valence-corrected chi connectivity index (χ2v) is 5.31. The minimum absolute atomic E-state index is 0.382. The summed E-state index contributed by atoms with van der Waals surface area (Å²) in [4.78, 5) is 4.83. The van der Waals surface area contributed by atoms with E-state index >= 15 is 0 Å². The number of aromatic nitrogens is 3. The first kappa shape index (κ1) is 14.5. The Kier molecular flexibility index (Phi) is 4.04. The number of aryl methyl sites for hydroxylation is 3. The normalized spacial score (nSPS) is 10.6. The number of hydrogen-bond donors (Lipinski definition) is 2. The summed E-state index contributed by atoms with van der Waals surface area (Å²) in [6, 6.07) is 3.75. The molecule has 0 bridgehead atoms. The van der Waals surface area contributed by atoms with Crippen molar-refractivity contribution in [3.8, 4) is 0 Å². The van der Waals surface area contributed by atoms with E-state index in [1.54, 1.807) is 0 Å². The third-order valence-corrected chi connectivity index (χ3v) is 3.58. The third-order valence-electron chi connectivity index (χ3n) is 3.34. The summed E-state index contributed by atoms with van der Waals surface area (Å²) >= 11 is 5.01. The van der Waals surface area contributed by atoms with Gasteiger partial charge in [0.1, 0.15) is 10.8 Å². The zero-order chi connectivity index (χ0) is 14.9. The Bertz CT molecular complexity index is 660. The number of anilines is 1. The molecule has 0 aliphatic heterocycles. The van der Waals surface area contributed by atoms with Crippen molar-refractivity contribution >= 4 is 23.0 Å². The molecule has 0 unspecified atom stereocenters. The van der Waals surface area contributed by atoms with Gasteiger partial charge in [0.2, 0.25) is 0 Å². The highest BCUT2D eigenvalue weighted by Gasteiger charge is 2.09. The Hall–Kier alpha value is -1.95. The monoisotopic (exact) mass is 289 g/mol. The lowest BCUT2D eigenvalue weighted by Gasteiger charge is -2.09. The highest BCUT2D eigenvalue weighted by atomic mass is 32.1. The predicted molar refractivity (Wildman–Crippen MR) is 84.9 cm³/mol. The Morgan fingerprint density at radius 2 is 2.05 bits per heavy atom. The maximum Gasteiger partial charge on any atom is 0.127 e. The van der Waals surface area contributed by atoms with Gasteiger partial charge in [-0.1, -0.05) is 12.2 Å². The smallest absolute Gasteiger partial charge is 0.127 e. The molecule has 0 atom stereocenters. The second-order valence-electron chi connectivity index (χ2n) is 4.87. The van der Waals surface area contributed by atoms with Crippen molar-refractivity contribution in [1.82, 2.24) is 14.8 Å². The van der Waals surface area contributed by atoms with Crippen molar-refractivity contribution in [2.24, 2.45) is 12.8 Å². The summed E-state index contributed by atoms with van der Waals surface area (Å²) in [5.74, 6) is 0.774. The molecule has 20 heavy (non-hydrogen) atoms. The summed E-state index contributed by atoms with van der Waals surface area (Å²) in [5, 5.41) is 7.71. The summed E-state index contributed by atoms with van der Waals surface area (Å²) < 4.78 is 1.89. The zero-order valence-electron chi connectivity index (χ0n) is 12.2. The van der Waals surface area contributed by atoms with Gasteiger partial charge in [0.15, 0.2) is 0 Å². The highest BCUT2D eigenvalue weighted by molar-refractivity contribution is 7.80. The van der Waals surface area contributed by atoms with E-state index in [2.05, 4.69) is 22.3 Å². The van der Waals surface area contributed by atoms with Crippen LogP contribution in [0.15, 0.2) is 12.1 Å². The van der Waals surface area contributed by atoms with Crippen LogP contribution in [-0.4, -0.2) is 19.8 Å². The van der Waals surface area contributed by atoms with Crippen molar-refractivity contribution in [3.63, 3.8) is 0 Å². The number of thiocarbonyl (C=S) groups is 1. The van der Waals surface area contributed by atoms with Crippen molar-refractivity contribution in [2.45, 2.75) is 27.3 Å². The predicted octanol–water partition coefficient (Wildman–Crippen LogP) is 1.99. The first-order valence-electron chi connectivity index (χ1n) is 6.40. The molecule has 0 spiro atoms. The highest BCUT2D eigenvalue weighted by Crippen LogP contribution is 2.15. The molecule has 2 aromatic heterocycles. The van der Waals surface area contributed by atoms with Crippen molar-refractivity contribution < 1.29 is 0 Å². The quantitative estimate of drug-likeness (QED) is 0.842. The number of hydrogen-bond acceptors (Lipinski definition) is 4. The van der Waals surface area contributed by atoms with E-state index in [-0.39, 0.29) is 0 Å². The minimum atomic E-state index is 0.382. The summed E-state index contributed by atoms with van der Waals surface area (Å²) in [6.07, 6.45) is 0. The lowest BCUT2D eigenvalue weighted by molar-refractivity contribution is 0.730. The molecule has 0 radical (unpaired) electrons. The van der Waals surface area contributed by atoms with Crippen LogP contribution in [0.2, 0.25) is 0 Å². The van der Waals surface area contributed by atoms with Crippen LogP contribution in [0.3, 0.4) is 0 Å². The molecule has 0 aromatic carbocycles. The van der Waals surface area contributed by atoms with Crippen LogP contribution in [0.25, 0.3) is 0 Å². The summed E-state index contributed by atoms with van der Waals surface area (Å²) in [5.41, 5.74) is 10.8. The fourth-order valence-corrected chi connectivity index (χ4v) is 2.27. The van der Waals surface area contributed by atoms with Crippen LogP contribution in [0, 0.1) is 20.8 Å². The Labute approximate surface area is 124 Å². The van der Waals surface area contributed by atoms with E-state index < -0.39 is 0 Å². The molecule has 0 saturated heterocycles. The van der Waals surface area contributed by atoms with Crippen LogP contribution in [0.1, 0.15) is 28.2 Å². The molecular weight excluding hydrogens is 270 g/mol. The SMILES string of the molecule is Cc1cc(C(N)=S)cc(NCc2c(C)nn(C)c2C)n1. The van der Waals surface area contributed by atoms with Gasteiger partial charge < -0.3 is 11.1 Å². The molecular formula is C14H19N5S. The van der Waals surface area contributed by atoms with E-state index in [4.69, 9.17) is 18.0 Å². The molecule has 2 aromatic rings. The molecule has 3 N–H and O–H groups in total. The number of rotatable bonds is 4. The molecule has 106 valence electrons. The van der Waals surface area contributed by atoms with Gasteiger partial charge in [0.05, 0.1) is 5.69 Å². The Balaban J connectivity index is 2.21. The molecule has 2 heterocycles. The number of nitrogens with zero attached hydrogens (tertiary/aromatic N) is 3. The Morgan fingerprint density at radius 3 is 2.60 bits per heavy atom. The van der Waals surface area contributed by atoms with E-state index in [1.165, 1.54) is 5.56 Å². The fourth-order valence-electron chi connectivity index (χ4n) is 2.15. The van der Waals surface area contributed by atoms with Gasteiger partial charge in [-0.05, 0) is 32.9 Å². The van der Waals surface area contributed by atoms with Crippen LogP contribution < -0.4 is 11.1 Å². The average Bonchev–Trinajstić information content (AvgIpc) is 2.60. The van der Waals surface area contributed by atoms with Gasteiger partial charge >= 0.3 is 0 Å². The van der Waals surface area contributed by atoms with E-state index in [9.17, 15) is 0 Å². The lowest BCUT2D eigenvalue weighted by Crippen LogP contribution is -2.12. The standard InChI is InChI=1S/C14H19N5S/c1-8-5-11(14(15)20)6-13(17-8)16-7-12-9(2)18-19(4)10(12)3/h5-6H,7H2,1-4H3,(H2,15,20)(H,16,17). The van der Waals surface area contributed by atoms with Crippen molar-refractivity contribution in [1.29, 1.82) is 0 Å². The summed E-state index contributed by atoms with van der Waals surface area (Å²) in [7, 11) is 1.95. The third kappa shape index (κ3) is 2.96. The topological polar surface area (TPSA) is 68.8 Å². The lowest BCUT2D eigenvalue weighted by atomic mass is 10.2. The molecule has 0 aliphatic rings. The zero-order valence-corrected chi connectivity index (χ0v) is 13.0. The molecule has 0 saturated carbocycles. The van der Waals surface area contributed by atoms with Crippen LogP contribution >= 0.6 is 12.2 Å². The molecule has 5 nitrogen and oxygen atoms in total. The van der Waals surface area contributed by atoms with E-state index in [0.717, 1.165) is 28.5 Å². The van der Waals surface area contributed by atoms with E-state index in [1.807, 2.05) is 37.7 Å². The van der Waals surface area contributed by atoms with Crippen LogP contribution in [0.4, 0.5) is 5.82 Å². The molecule has 0 aliphatic carbocycles. The molecule has 2 rings (SSSR count). The van der Waals surface area contributed by atoms with Crippen molar-refractivity contribution in [2.75, 3.05) is 5.32 Å². The number of nitrogens with one attached hydrogen (secondary N) is 1. The number of nitrogens with two attached hydrogens (primary N) is 1. The summed E-state index contributed by atoms with van der Waals surface area (Å²) in [6.45, 7) is 6.67. The fraction of sp³-hybridized carbons (Fsp3) is 0.357. The van der Waals surface area contributed by atoms with Gasteiger partial charge in [-0.3, -0.25) is 4.68 Å². The van der Waals surface area contributed by atoms with Gasteiger partial charge in [-0.2, -0.15) is 5.10 Å². The molecule has 0 amide bonds. The Morgan fingerprint density at radius 1 is 1.35 bits per heavy atom. The number of pyridine rings is 1. The van der Waals surface area contributed by atoms with Crippen LogP contribution in [0.5, 0.6) is 0 Å². The average molecular weight is 289 g/mol. The van der Waals surface area contributed by atoms with Crippen LogP contribution in [-0.2, 0) is 13.6 Å². The largest absolute Gasteiger partial charge is 0.389 e. The minimum Gasteiger partial charge on any atom is -0.389 e. The second kappa shape index (κ2) is 5.58. The molecule has 6 heteroatoms. The van der Waals surface area contributed by atoms with Gasteiger partial charge in [-0.15, -0.1) is 0 Å². The molecule has 0 fully saturated rings. The van der Waals surface area contributed by atoms with Gasteiger partial charge in [-0.25, -0.2) is 4.98 Å². The first-order chi connectivity index (χ1) is 9.38.